The Morgan fingerprint density at radius 3 is 2.53 bits per heavy atom. The van der Waals surface area contributed by atoms with Crippen LogP contribution in [0.2, 0.25) is 0 Å². The van der Waals surface area contributed by atoms with Crippen molar-refractivity contribution in [3.05, 3.63) is 35.9 Å². The van der Waals surface area contributed by atoms with Crippen molar-refractivity contribution in [2.75, 3.05) is 13.2 Å². The second kappa shape index (κ2) is 11.2. The molecule has 0 spiro atoms. The Morgan fingerprint density at radius 2 is 1.90 bits per heavy atom. The highest BCUT2D eigenvalue weighted by Crippen LogP contribution is 2.20. The lowest BCUT2D eigenvalue weighted by Crippen LogP contribution is -2.54. The van der Waals surface area contributed by atoms with E-state index in [1.807, 2.05) is 30.3 Å². The molecule has 1 heterocycles. The zero-order valence-corrected chi connectivity index (χ0v) is 17.3. The number of nitrogens with two attached hydrogens (primary N) is 1. The second-order valence-corrected chi connectivity index (χ2v) is 7.27. The molecule has 9 heteroatoms. The molecule has 9 nitrogen and oxygen atoms in total. The molecule has 2 rings (SSSR count). The van der Waals surface area contributed by atoms with Crippen molar-refractivity contribution in [1.29, 1.82) is 0 Å². The average Bonchev–Trinajstić information content (AvgIpc) is 3.20. The molecule has 0 radical (unpaired) electrons. The summed E-state index contributed by atoms with van der Waals surface area (Å²) in [5.74, 6) is -2.28. The van der Waals surface area contributed by atoms with Crippen LogP contribution in [0.15, 0.2) is 30.3 Å². The maximum Gasteiger partial charge on any atom is 0.410 e. The SMILES string of the molecule is CCOC(=O)C[C@@H](C)[C@H](NC(=O)[C@H]1CCCN1C(=O)OCc1ccccc1)C(N)=O. The number of primary amides is 1. The number of rotatable bonds is 9. The number of carbonyl (C=O) groups excluding carboxylic acids is 4. The van der Waals surface area contributed by atoms with Crippen LogP contribution in [-0.4, -0.2) is 54.0 Å². The minimum absolute atomic E-state index is 0.0603. The number of nitrogens with zero attached hydrogens (tertiary/aromatic N) is 1. The number of carbonyl (C=O) groups is 4. The summed E-state index contributed by atoms with van der Waals surface area (Å²) in [5.41, 5.74) is 6.27. The summed E-state index contributed by atoms with van der Waals surface area (Å²) in [6.07, 6.45) is 0.434. The summed E-state index contributed by atoms with van der Waals surface area (Å²) in [5, 5.41) is 2.59. The quantitative estimate of drug-likeness (QED) is 0.582. The molecule has 164 valence electrons. The molecular weight excluding hydrogens is 390 g/mol. The average molecular weight is 419 g/mol. The number of esters is 1. The maximum atomic E-state index is 12.8. The van der Waals surface area contributed by atoms with Gasteiger partial charge in [0.25, 0.3) is 0 Å². The van der Waals surface area contributed by atoms with Gasteiger partial charge in [-0.1, -0.05) is 37.3 Å². The summed E-state index contributed by atoms with van der Waals surface area (Å²) in [7, 11) is 0. The van der Waals surface area contributed by atoms with Crippen molar-refractivity contribution in [3.8, 4) is 0 Å². The number of ether oxygens (including phenoxy) is 2. The fourth-order valence-corrected chi connectivity index (χ4v) is 3.40. The Kier molecular flexibility index (Phi) is 8.64. The van der Waals surface area contributed by atoms with E-state index in [0.717, 1.165) is 5.56 Å². The molecule has 3 N–H and O–H groups in total. The summed E-state index contributed by atoms with van der Waals surface area (Å²) < 4.78 is 10.2. The van der Waals surface area contributed by atoms with Gasteiger partial charge in [-0.05, 0) is 31.2 Å². The minimum atomic E-state index is -1.05. The van der Waals surface area contributed by atoms with Crippen molar-refractivity contribution in [1.82, 2.24) is 10.2 Å². The lowest BCUT2D eigenvalue weighted by molar-refractivity contribution is -0.145. The smallest absolute Gasteiger partial charge is 0.410 e. The first-order valence-corrected chi connectivity index (χ1v) is 10.1. The van der Waals surface area contributed by atoms with E-state index in [0.29, 0.717) is 19.4 Å². The van der Waals surface area contributed by atoms with Gasteiger partial charge < -0.3 is 20.5 Å². The highest BCUT2D eigenvalue weighted by molar-refractivity contribution is 5.91. The van der Waals surface area contributed by atoms with E-state index in [1.165, 1.54) is 4.90 Å². The van der Waals surface area contributed by atoms with Gasteiger partial charge in [0.2, 0.25) is 11.8 Å². The van der Waals surface area contributed by atoms with E-state index in [9.17, 15) is 19.2 Å². The Balaban J connectivity index is 1.96. The van der Waals surface area contributed by atoms with Gasteiger partial charge in [-0.3, -0.25) is 19.3 Å². The van der Waals surface area contributed by atoms with Crippen molar-refractivity contribution in [2.45, 2.75) is 51.8 Å². The molecule has 1 fully saturated rings. The third-order valence-corrected chi connectivity index (χ3v) is 4.96. The molecule has 30 heavy (non-hydrogen) atoms. The number of hydrogen-bond acceptors (Lipinski definition) is 6. The van der Waals surface area contributed by atoms with E-state index in [4.69, 9.17) is 15.2 Å². The number of amides is 3. The molecule has 1 aliphatic rings. The van der Waals surface area contributed by atoms with Crippen LogP contribution in [0.1, 0.15) is 38.7 Å². The van der Waals surface area contributed by atoms with Gasteiger partial charge in [0.15, 0.2) is 0 Å². The van der Waals surface area contributed by atoms with Crippen LogP contribution in [0.5, 0.6) is 0 Å². The van der Waals surface area contributed by atoms with Crippen LogP contribution in [0.4, 0.5) is 4.79 Å². The van der Waals surface area contributed by atoms with Gasteiger partial charge in [0, 0.05) is 6.54 Å². The zero-order chi connectivity index (χ0) is 22.1. The number of hydrogen-bond donors (Lipinski definition) is 2. The van der Waals surface area contributed by atoms with E-state index in [1.54, 1.807) is 13.8 Å². The largest absolute Gasteiger partial charge is 0.466 e. The maximum absolute atomic E-state index is 12.8. The molecule has 0 unspecified atom stereocenters. The van der Waals surface area contributed by atoms with Crippen LogP contribution in [0.25, 0.3) is 0 Å². The van der Waals surface area contributed by atoms with E-state index in [2.05, 4.69) is 5.32 Å². The summed E-state index contributed by atoms with van der Waals surface area (Å²) in [6, 6.07) is 7.42. The van der Waals surface area contributed by atoms with Gasteiger partial charge in [0.1, 0.15) is 18.7 Å². The third-order valence-electron chi connectivity index (χ3n) is 4.96. The van der Waals surface area contributed by atoms with Crippen LogP contribution in [0, 0.1) is 5.92 Å². The van der Waals surface area contributed by atoms with Crippen LogP contribution in [-0.2, 0) is 30.5 Å². The molecule has 1 aliphatic heterocycles. The van der Waals surface area contributed by atoms with E-state index < -0.39 is 41.9 Å². The Bertz CT molecular complexity index is 754. The number of likely N-dealkylation sites (tertiary alicyclic amines) is 1. The standard InChI is InChI=1S/C21H29N3O6/c1-3-29-17(25)12-14(2)18(19(22)26)23-20(27)16-10-7-11-24(16)21(28)30-13-15-8-5-4-6-9-15/h4-6,8-9,14,16,18H,3,7,10-13H2,1-2H3,(H2,22,26)(H,23,27)/t14-,16-,18+/m1/s1. The Hall–Kier alpha value is -3.10. The normalized spacial score (nSPS) is 17.7. The topological polar surface area (TPSA) is 128 Å². The highest BCUT2D eigenvalue weighted by Gasteiger charge is 2.37. The highest BCUT2D eigenvalue weighted by atomic mass is 16.6. The van der Waals surface area contributed by atoms with Gasteiger partial charge in [-0.2, -0.15) is 0 Å². The van der Waals surface area contributed by atoms with Gasteiger partial charge >= 0.3 is 12.1 Å². The second-order valence-electron chi connectivity index (χ2n) is 7.27. The van der Waals surface area contributed by atoms with Crippen molar-refractivity contribution in [3.63, 3.8) is 0 Å². The number of nitrogens with one attached hydrogen (secondary N) is 1. The monoisotopic (exact) mass is 419 g/mol. The molecule has 3 amide bonds. The van der Waals surface area contributed by atoms with Crippen molar-refractivity contribution in [2.24, 2.45) is 11.7 Å². The minimum Gasteiger partial charge on any atom is -0.466 e. The van der Waals surface area contributed by atoms with Crippen molar-refractivity contribution >= 4 is 23.9 Å². The van der Waals surface area contributed by atoms with E-state index in [-0.39, 0.29) is 19.6 Å². The van der Waals surface area contributed by atoms with Gasteiger partial charge in [-0.25, -0.2) is 4.79 Å². The fourth-order valence-electron chi connectivity index (χ4n) is 3.40. The molecule has 0 bridgehead atoms. The first-order valence-electron chi connectivity index (χ1n) is 10.1. The first kappa shape index (κ1) is 23.2. The van der Waals surface area contributed by atoms with Crippen LogP contribution in [0.3, 0.4) is 0 Å². The summed E-state index contributed by atoms with van der Waals surface area (Å²) >= 11 is 0. The van der Waals surface area contributed by atoms with Gasteiger partial charge in [0.05, 0.1) is 13.0 Å². The first-order chi connectivity index (χ1) is 14.3. The molecule has 1 aromatic carbocycles. The van der Waals surface area contributed by atoms with Crippen LogP contribution >= 0.6 is 0 Å². The Labute approximate surface area is 175 Å². The molecule has 1 aromatic rings. The van der Waals surface area contributed by atoms with Gasteiger partial charge in [-0.15, -0.1) is 0 Å². The number of benzene rings is 1. The lowest BCUT2D eigenvalue weighted by Gasteiger charge is -2.27. The molecule has 0 aromatic heterocycles. The van der Waals surface area contributed by atoms with Crippen LogP contribution < -0.4 is 11.1 Å². The van der Waals surface area contributed by atoms with E-state index >= 15 is 0 Å². The lowest BCUT2D eigenvalue weighted by atomic mass is 9.97. The molecule has 0 aliphatic carbocycles. The molecule has 3 atom stereocenters. The Morgan fingerprint density at radius 1 is 1.20 bits per heavy atom. The van der Waals surface area contributed by atoms with Crippen molar-refractivity contribution < 1.29 is 28.7 Å². The summed E-state index contributed by atoms with van der Waals surface area (Å²) in [4.78, 5) is 50.2. The molecular formula is C21H29N3O6. The predicted octanol–water partition coefficient (Wildman–Crippen LogP) is 1.35. The molecule has 0 saturated carbocycles. The zero-order valence-electron chi connectivity index (χ0n) is 17.3. The fraction of sp³-hybridized carbons (Fsp3) is 0.524. The predicted molar refractivity (Wildman–Crippen MR) is 108 cm³/mol. The third kappa shape index (κ3) is 6.47. The summed E-state index contributed by atoms with van der Waals surface area (Å²) in [6.45, 7) is 4.02. The molecule has 1 saturated heterocycles.